The maximum atomic E-state index is 12.8. The van der Waals surface area contributed by atoms with E-state index in [2.05, 4.69) is 29.9 Å². The standard InChI is InChI=1S/C30H38N4O6Si/c1-33(2)28(35)27-31-20(17-34(27)19-39-14-15-41(3,4)5)16-26(29(36)37)32-30(38)40-18-25-23-12-8-6-10-21(23)22-11-7-9-13-24(22)25/h6-13,17,25-26H,14-16,18-19H2,1-5H3,(H,32,38)(H,36,37). The van der Waals surface area contributed by atoms with Gasteiger partial charge in [-0.2, -0.15) is 0 Å². The molecule has 3 aromatic rings. The summed E-state index contributed by atoms with van der Waals surface area (Å²) in [4.78, 5) is 43.4. The van der Waals surface area contributed by atoms with Gasteiger partial charge in [-0.15, -0.1) is 0 Å². The van der Waals surface area contributed by atoms with E-state index < -0.39 is 26.2 Å². The van der Waals surface area contributed by atoms with Gasteiger partial charge in [-0.3, -0.25) is 4.79 Å². The third kappa shape index (κ3) is 7.41. The largest absolute Gasteiger partial charge is 0.480 e. The summed E-state index contributed by atoms with van der Waals surface area (Å²) in [7, 11) is 1.95. The van der Waals surface area contributed by atoms with Crippen molar-refractivity contribution in [3.8, 4) is 11.1 Å². The monoisotopic (exact) mass is 578 g/mol. The van der Waals surface area contributed by atoms with Gasteiger partial charge in [0.1, 0.15) is 19.4 Å². The van der Waals surface area contributed by atoms with Crippen LogP contribution >= 0.6 is 0 Å². The van der Waals surface area contributed by atoms with Gasteiger partial charge in [0, 0.05) is 47.3 Å². The molecule has 2 aromatic carbocycles. The summed E-state index contributed by atoms with van der Waals surface area (Å²) < 4.78 is 12.9. The van der Waals surface area contributed by atoms with Crippen LogP contribution in [-0.2, 0) is 27.4 Å². The van der Waals surface area contributed by atoms with Crippen LogP contribution in [0.25, 0.3) is 11.1 Å². The van der Waals surface area contributed by atoms with Crippen LogP contribution in [0.3, 0.4) is 0 Å². The lowest BCUT2D eigenvalue weighted by Crippen LogP contribution is -2.43. The number of ether oxygens (including phenoxy) is 2. The van der Waals surface area contributed by atoms with Crippen LogP contribution in [0.1, 0.15) is 33.4 Å². The quantitative estimate of drug-likeness (QED) is 0.241. The van der Waals surface area contributed by atoms with Gasteiger partial charge in [0.25, 0.3) is 5.91 Å². The molecule has 0 aliphatic heterocycles. The molecule has 1 aromatic heterocycles. The summed E-state index contributed by atoms with van der Waals surface area (Å²) >= 11 is 0. The SMILES string of the molecule is CN(C)C(=O)c1nc(CC(NC(=O)OCC2c3ccccc3-c3ccccc32)C(=O)O)cn1COCC[Si](C)(C)C. The summed E-state index contributed by atoms with van der Waals surface area (Å²) in [5.74, 6) is -1.57. The van der Waals surface area contributed by atoms with Crippen LogP contribution in [0.5, 0.6) is 0 Å². The molecule has 1 aliphatic rings. The summed E-state index contributed by atoms with van der Waals surface area (Å²) in [5, 5.41) is 12.3. The number of hydrogen-bond donors (Lipinski definition) is 2. The minimum Gasteiger partial charge on any atom is -0.480 e. The van der Waals surface area contributed by atoms with Crippen molar-refractivity contribution in [1.82, 2.24) is 19.8 Å². The summed E-state index contributed by atoms with van der Waals surface area (Å²) in [6, 6.07) is 15.6. The average Bonchev–Trinajstić information content (AvgIpc) is 3.47. The Bertz CT molecular complexity index is 1370. The van der Waals surface area contributed by atoms with E-state index in [-0.39, 0.29) is 37.4 Å². The van der Waals surface area contributed by atoms with Crippen molar-refractivity contribution in [3.05, 3.63) is 77.4 Å². The van der Waals surface area contributed by atoms with Crippen molar-refractivity contribution in [2.45, 2.75) is 50.8 Å². The number of hydrogen-bond acceptors (Lipinski definition) is 6. The van der Waals surface area contributed by atoms with Crippen molar-refractivity contribution in [1.29, 1.82) is 0 Å². The van der Waals surface area contributed by atoms with E-state index in [1.165, 1.54) is 4.90 Å². The van der Waals surface area contributed by atoms with E-state index >= 15 is 0 Å². The molecule has 1 atom stereocenters. The fraction of sp³-hybridized carbons (Fsp3) is 0.400. The molecule has 41 heavy (non-hydrogen) atoms. The number of alkyl carbamates (subject to hydrolysis) is 1. The molecular weight excluding hydrogens is 540 g/mol. The molecule has 2 amide bonds. The van der Waals surface area contributed by atoms with Crippen LogP contribution in [0.2, 0.25) is 25.7 Å². The number of imidazole rings is 1. The normalized spacial score (nSPS) is 13.3. The van der Waals surface area contributed by atoms with E-state index in [0.717, 1.165) is 28.3 Å². The molecule has 0 spiro atoms. The fourth-order valence-electron chi connectivity index (χ4n) is 4.77. The first-order valence-electron chi connectivity index (χ1n) is 13.6. The highest BCUT2D eigenvalue weighted by molar-refractivity contribution is 6.76. The maximum Gasteiger partial charge on any atom is 0.407 e. The third-order valence-electron chi connectivity index (χ3n) is 7.00. The lowest BCUT2D eigenvalue weighted by atomic mass is 9.98. The molecule has 4 rings (SSSR count). The molecule has 0 bridgehead atoms. The van der Waals surface area contributed by atoms with E-state index in [0.29, 0.717) is 12.3 Å². The number of fused-ring (bicyclic) bond motifs is 3. The lowest BCUT2D eigenvalue weighted by molar-refractivity contribution is -0.139. The Morgan fingerprint density at radius 2 is 1.66 bits per heavy atom. The number of carbonyl (C=O) groups is 3. The van der Waals surface area contributed by atoms with E-state index in [4.69, 9.17) is 9.47 Å². The number of rotatable bonds is 12. The molecule has 1 unspecified atom stereocenters. The number of amides is 2. The summed E-state index contributed by atoms with van der Waals surface area (Å²) in [5.41, 5.74) is 4.67. The molecule has 218 valence electrons. The Morgan fingerprint density at radius 3 is 2.22 bits per heavy atom. The molecule has 0 radical (unpaired) electrons. The number of aromatic nitrogens is 2. The number of benzene rings is 2. The first-order chi connectivity index (χ1) is 19.4. The van der Waals surface area contributed by atoms with Crippen molar-refractivity contribution < 1.29 is 29.0 Å². The van der Waals surface area contributed by atoms with Crippen LogP contribution in [0.4, 0.5) is 4.79 Å². The van der Waals surface area contributed by atoms with Crippen molar-refractivity contribution in [3.63, 3.8) is 0 Å². The van der Waals surface area contributed by atoms with E-state index in [1.54, 1.807) is 24.9 Å². The lowest BCUT2D eigenvalue weighted by Gasteiger charge is -2.17. The molecule has 1 heterocycles. The Morgan fingerprint density at radius 1 is 1.05 bits per heavy atom. The zero-order chi connectivity index (χ0) is 29.7. The van der Waals surface area contributed by atoms with Gasteiger partial charge in [0.05, 0.1) is 5.69 Å². The topological polar surface area (TPSA) is 123 Å². The molecule has 2 N–H and O–H groups in total. The number of carboxylic acids is 1. The minimum absolute atomic E-state index is 0.0665. The van der Waals surface area contributed by atoms with Crippen molar-refractivity contribution >= 4 is 26.0 Å². The number of carbonyl (C=O) groups excluding carboxylic acids is 2. The van der Waals surface area contributed by atoms with Gasteiger partial charge >= 0.3 is 12.1 Å². The highest BCUT2D eigenvalue weighted by Gasteiger charge is 2.30. The van der Waals surface area contributed by atoms with E-state index in [9.17, 15) is 19.5 Å². The van der Waals surface area contributed by atoms with Crippen molar-refractivity contribution in [2.24, 2.45) is 0 Å². The molecular formula is C30H38N4O6Si. The Hall–Kier alpha value is -3.96. The van der Waals surface area contributed by atoms with Gasteiger partial charge in [0.15, 0.2) is 0 Å². The second kappa shape index (κ2) is 12.7. The Balaban J connectivity index is 1.42. The highest BCUT2D eigenvalue weighted by atomic mass is 28.3. The second-order valence-corrected chi connectivity index (χ2v) is 17.3. The predicted molar refractivity (Wildman–Crippen MR) is 158 cm³/mol. The number of nitrogens with zero attached hydrogens (tertiary/aromatic N) is 3. The molecule has 1 aliphatic carbocycles. The molecule has 11 heteroatoms. The van der Waals surface area contributed by atoms with E-state index in [1.807, 2.05) is 48.5 Å². The third-order valence-corrected chi connectivity index (χ3v) is 8.70. The Kier molecular flexibility index (Phi) is 9.29. The molecule has 0 fully saturated rings. The first-order valence-corrected chi connectivity index (χ1v) is 17.3. The van der Waals surface area contributed by atoms with Gasteiger partial charge in [-0.25, -0.2) is 14.6 Å². The number of aliphatic carboxylic acids is 1. The second-order valence-electron chi connectivity index (χ2n) is 11.6. The highest BCUT2D eigenvalue weighted by Crippen LogP contribution is 2.44. The van der Waals surface area contributed by atoms with Crippen LogP contribution < -0.4 is 5.32 Å². The first kappa shape index (κ1) is 30.0. The smallest absolute Gasteiger partial charge is 0.407 e. The fourth-order valence-corrected chi connectivity index (χ4v) is 5.53. The maximum absolute atomic E-state index is 12.8. The summed E-state index contributed by atoms with van der Waals surface area (Å²) in [6.07, 6.45) is 0.633. The van der Waals surface area contributed by atoms with Crippen LogP contribution in [-0.4, -0.2) is 79.0 Å². The Labute approximate surface area is 241 Å². The molecule has 0 saturated carbocycles. The zero-order valence-electron chi connectivity index (χ0n) is 24.2. The summed E-state index contributed by atoms with van der Waals surface area (Å²) in [6.45, 7) is 7.49. The van der Waals surface area contributed by atoms with Gasteiger partial charge in [-0.1, -0.05) is 68.2 Å². The molecule has 0 saturated heterocycles. The molecule has 10 nitrogen and oxygen atoms in total. The zero-order valence-corrected chi connectivity index (χ0v) is 25.2. The van der Waals surface area contributed by atoms with Crippen molar-refractivity contribution in [2.75, 3.05) is 27.3 Å². The average molecular weight is 579 g/mol. The van der Waals surface area contributed by atoms with Crippen LogP contribution in [0.15, 0.2) is 54.7 Å². The number of nitrogens with one attached hydrogen (secondary N) is 1. The van der Waals surface area contributed by atoms with Crippen LogP contribution in [0, 0.1) is 0 Å². The number of carboxylic acid groups (broad SMARTS) is 1. The van der Waals surface area contributed by atoms with Gasteiger partial charge in [-0.05, 0) is 28.3 Å². The minimum atomic E-state index is -1.30. The predicted octanol–water partition coefficient (Wildman–Crippen LogP) is 4.43. The van der Waals surface area contributed by atoms with Gasteiger partial charge < -0.3 is 29.4 Å². The van der Waals surface area contributed by atoms with Gasteiger partial charge in [0.2, 0.25) is 5.82 Å².